The number of nitrogens with zero attached hydrogens (tertiary/aromatic N) is 3. The van der Waals surface area contributed by atoms with Crippen LogP contribution in [-0.4, -0.2) is 22.5 Å². The van der Waals surface area contributed by atoms with Crippen LogP contribution in [0.3, 0.4) is 0 Å². The molecule has 1 unspecified atom stereocenters. The molecule has 2 rings (SSSR count). The van der Waals surface area contributed by atoms with Crippen molar-refractivity contribution in [1.82, 2.24) is 9.88 Å². The van der Waals surface area contributed by atoms with Gasteiger partial charge in [0.1, 0.15) is 5.01 Å². The van der Waals surface area contributed by atoms with E-state index in [9.17, 15) is 0 Å². The number of hydrogen-bond donors (Lipinski definition) is 0. The van der Waals surface area contributed by atoms with Crippen LogP contribution in [0.25, 0.3) is 0 Å². The highest BCUT2D eigenvalue weighted by molar-refractivity contribution is 7.09. The molecular formula is C10H13N3S. The zero-order valence-electron chi connectivity index (χ0n) is 8.23. The predicted octanol–water partition coefficient (Wildman–Crippen LogP) is 1.94. The topological polar surface area (TPSA) is 39.9 Å². The Morgan fingerprint density at radius 1 is 1.79 bits per heavy atom. The molecule has 74 valence electrons. The van der Waals surface area contributed by atoms with Crippen LogP contribution in [0.2, 0.25) is 0 Å². The van der Waals surface area contributed by atoms with E-state index in [-0.39, 0.29) is 6.04 Å². The molecule has 0 aromatic carbocycles. The van der Waals surface area contributed by atoms with Gasteiger partial charge in [0.25, 0.3) is 0 Å². The molecule has 1 fully saturated rings. The van der Waals surface area contributed by atoms with Gasteiger partial charge in [-0.2, -0.15) is 5.26 Å². The number of likely N-dealkylation sites (tertiary alicyclic amines) is 1. The predicted molar refractivity (Wildman–Crippen MR) is 55.9 cm³/mol. The smallest absolute Gasteiger partial charge is 0.107 e. The molecule has 1 atom stereocenters. The summed E-state index contributed by atoms with van der Waals surface area (Å²) in [4.78, 5) is 6.63. The van der Waals surface area contributed by atoms with Crippen LogP contribution in [0.1, 0.15) is 23.5 Å². The Morgan fingerprint density at radius 3 is 3.29 bits per heavy atom. The molecule has 0 radical (unpaired) electrons. The number of thiazole rings is 1. The van der Waals surface area contributed by atoms with Crippen molar-refractivity contribution in [2.24, 2.45) is 0 Å². The number of nitriles is 1. The van der Waals surface area contributed by atoms with E-state index in [2.05, 4.69) is 21.3 Å². The Bertz CT molecular complexity index is 352. The lowest BCUT2D eigenvalue weighted by atomic mass is 10.2. The third-order valence-corrected chi connectivity index (χ3v) is 3.47. The average molecular weight is 207 g/mol. The number of aromatic nitrogens is 1. The molecule has 14 heavy (non-hydrogen) atoms. The van der Waals surface area contributed by atoms with E-state index in [1.807, 2.05) is 6.92 Å². The van der Waals surface area contributed by atoms with E-state index in [0.29, 0.717) is 0 Å². The minimum Gasteiger partial charge on any atom is -0.281 e. The van der Waals surface area contributed by atoms with Crippen LogP contribution in [-0.2, 0) is 6.54 Å². The molecule has 2 heterocycles. The highest BCUT2D eigenvalue weighted by atomic mass is 32.1. The summed E-state index contributed by atoms with van der Waals surface area (Å²) in [5, 5.41) is 12.1. The molecule has 1 aliphatic heterocycles. The second-order valence-electron chi connectivity index (χ2n) is 3.64. The van der Waals surface area contributed by atoms with Gasteiger partial charge in [0.05, 0.1) is 18.7 Å². The largest absolute Gasteiger partial charge is 0.281 e. The van der Waals surface area contributed by atoms with E-state index in [1.54, 1.807) is 11.3 Å². The van der Waals surface area contributed by atoms with Gasteiger partial charge in [-0.3, -0.25) is 4.90 Å². The Kier molecular flexibility index (Phi) is 2.80. The minimum absolute atomic E-state index is 0.110. The van der Waals surface area contributed by atoms with Gasteiger partial charge in [0.2, 0.25) is 0 Å². The summed E-state index contributed by atoms with van der Waals surface area (Å²) in [6.45, 7) is 3.89. The van der Waals surface area contributed by atoms with Crippen molar-refractivity contribution < 1.29 is 0 Å². The van der Waals surface area contributed by atoms with Gasteiger partial charge < -0.3 is 0 Å². The van der Waals surface area contributed by atoms with E-state index >= 15 is 0 Å². The molecule has 0 bridgehead atoms. The fourth-order valence-electron chi connectivity index (χ4n) is 1.81. The van der Waals surface area contributed by atoms with E-state index in [4.69, 9.17) is 5.26 Å². The van der Waals surface area contributed by atoms with Crippen molar-refractivity contribution in [1.29, 1.82) is 5.26 Å². The Labute approximate surface area is 88.0 Å². The van der Waals surface area contributed by atoms with E-state index in [1.165, 1.54) is 0 Å². The molecule has 4 heteroatoms. The van der Waals surface area contributed by atoms with Crippen molar-refractivity contribution in [3.63, 3.8) is 0 Å². The maximum Gasteiger partial charge on any atom is 0.107 e. The molecule has 1 saturated heterocycles. The number of aryl methyl sites for hydroxylation is 1. The van der Waals surface area contributed by atoms with Crippen molar-refractivity contribution in [2.75, 3.05) is 6.54 Å². The van der Waals surface area contributed by atoms with Gasteiger partial charge in [0.15, 0.2) is 0 Å². The Morgan fingerprint density at radius 2 is 2.64 bits per heavy atom. The molecule has 0 amide bonds. The fourth-order valence-corrected chi connectivity index (χ4v) is 2.61. The third-order valence-electron chi connectivity index (χ3n) is 2.52. The minimum atomic E-state index is 0.110. The molecular weight excluding hydrogens is 194 g/mol. The lowest BCUT2D eigenvalue weighted by Gasteiger charge is -2.16. The molecule has 0 aliphatic carbocycles. The molecule has 0 N–H and O–H groups in total. The first-order valence-corrected chi connectivity index (χ1v) is 5.72. The molecule has 1 aromatic heterocycles. The summed E-state index contributed by atoms with van der Waals surface area (Å²) < 4.78 is 0. The maximum absolute atomic E-state index is 8.91. The van der Waals surface area contributed by atoms with E-state index < -0.39 is 0 Å². The normalized spacial score (nSPS) is 22.4. The first-order chi connectivity index (χ1) is 6.79. The summed E-state index contributed by atoms with van der Waals surface area (Å²) in [7, 11) is 0. The molecule has 1 aliphatic rings. The highest BCUT2D eigenvalue weighted by Crippen LogP contribution is 2.20. The van der Waals surface area contributed by atoms with Crippen LogP contribution in [0.15, 0.2) is 5.38 Å². The second kappa shape index (κ2) is 4.07. The lowest BCUT2D eigenvalue weighted by Crippen LogP contribution is -2.27. The van der Waals surface area contributed by atoms with Crippen LogP contribution < -0.4 is 0 Å². The second-order valence-corrected chi connectivity index (χ2v) is 4.58. The Hall–Kier alpha value is -0.920. The maximum atomic E-state index is 8.91. The van der Waals surface area contributed by atoms with Crippen LogP contribution >= 0.6 is 11.3 Å². The molecule has 1 aromatic rings. The lowest BCUT2D eigenvalue weighted by molar-refractivity contribution is 0.286. The van der Waals surface area contributed by atoms with Gasteiger partial charge in [-0.15, -0.1) is 11.3 Å². The fraction of sp³-hybridized carbons (Fsp3) is 0.600. The SMILES string of the molecule is Cc1csc(CN2CCCC2C#N)n1. The first kappa shape index (κ1) is 9.63. The molecule has 0 spiro atoms. The van der Waals surface area contributed by atoms with Crippen LogP contribution in [0.4, 0.5) is 0 Å². The number of rotatable bonds is 2. The number of hydrogen-bond acceptors (Lipinski definition) is 4. The zero-order valence-corrected chi connectivity index (χ0v) is 9.05. The molecule has 3 nitrogen and oxygen atoms in total. The Balaban J connectivity index is 2.01. The van der Waals surface area contributed by atoms with Gasteiger partial charge >= 0.3 is 0 Å². The van der Waals surface area contributed by atoms with Crippen molar-refractivity contribution in [2.45, 2.75) is 32.4 Å². The van der Waals surface area contributed by atoms with Gasteiger partial charge in [0, 0.05) is 11.1 Å². The summed E-state index contributed by atoms with van der Waals surface area (Å²) in [6, 6.07) is 2.45. The first-order valence-electron chi connectivity index (χ1n) is 4.84. The summed E-state index contributed by atoms with van der Waals surface area (Å²) in [6.07, 6.45) is 2.16. The highest BCUT2D eigenvalue weighted by Gasteiger charge is 2.24. The van der Waals surface area contributed by atoms with Crippen molar-refractivity contribution in [3.8, 4) is 6.07 Å². The third kappa shape index (κ3) is 1.94. The molecule has 0 saturated carbocycles. The van der Waals surface area contributed by atoms with Crippen LogP contribution in [0.5, 0.6) is 0 Å². The van der Waals surface area contributed by atoms with Gasteiger partial charge in [-0.1, -0.05) is 0 Å². The van der Waals surface area contributed by atoms with Crippen LogP contribution in [0, 0.1) is 18.3 Å². The summed E-state index contributed by atoms with van der Waals surface area (Å²) in [5.41, 5.74) is 1.08. The van der Waals surface area contributed by atoms with Crippen molar-refractivity contribution in [3.05, 3.63) is 16.1 Å². The quantitative estimate of drug-likeness (QED) is 0.744. The standard InChI is InChI=1S/C10H13N3S/c1-8-7-14-10(12-8)6-13-4-2-3-9(13)5-11/h7,9H,2-4,6H2,1H3. The van der Waals surface area contributed by atoms with Gasteiger partial charge in [-0.05, 0) is 26.3 Å². The van der Waals surface area contributed by atoms with Crippen molar-refractivity contribution >= 4 is 11.3 Å². The summed E-state index contributed by atoms with van der Waals surface area (Å²) in [5.74, 6) is 0. The monoisotopic (exact) mass is 207 g/mol. The van der Waals surface area contributed by atoms with E-state index in [0.717, 1.165) is 36.6 Å². The van der Waals surface area contributed by atoms with Gasteiger partial charge in [-0.25, -0.2) is 4.98 Å². The average Bonchev–Trinajstić information content (AvgIpc) is 2.76. The zero-order chi connectivity index (χ0) is 9.97. The summed E-state index contributed by atoms with van der Waals surface area (Å²) >= 11 is 1.69.